The van der Waals surface area contributed by atoms with Gasteiger partial charge in [0.25, 0.3) is 0 Å². The van der Waals surface area contributed by atoms with Gasteiger partial charge in [-0.05, 0) is 35.9 Å². The van der Waals surface area contributed by atoms with Gasteiger partial charge in [-0.2, -0.15) is 0 Å². The molecule has 0 aromatic rings. The molecule has 1 aliphatic rings. The quantitative estimate of drug-likeness (QED) is 0.159. The summed E-state index contributed by atoms with van der Waals surface area (Å²) in [5.74, 6) is -0.303. The van der Waals surface area contributed by atoms with Crippen molar-refractivity contribution in [3.63, 3.8) is 0 Å². The van der Waals surface area contributed by atoms with E-state index in [4.69, 9.17) is 18.9 Å². The first-order chi connectivity index (χ1) is 12.6. The second-order valence-corrected chi connectivity index (χ2v) is 14.6. The number of rotatable bonds is 12. The van der Waals surface area contributed by atoms with Crippen LogP contribution < -0.4 is 0 Å². The predicted molar refractivity (Wildman–Crippen MR) is 115 cm³/mol. The third-order valence-corrected chi connectivity index (χ3v) is 12.5. The topological polar surface area (TPSA) is 36.9 Å². The zero-order valence-corrected chi connectivity index (χ0v) is 20.0. The van der Waals surface area contributed by atoms with Gasteiger partial charge in [0, 0.05) is 32.5 Å². The van der Waals surface area contributed by atoms with Crippen molar-refractivity contribution in [1.82, 2.24) is 0 Å². The predicted octanol–water partition coefficient (Wildman–Crippen LogP) is 6.62. The molecule has 0 amide bonds. The minimum absolute atomic E-state index is 0.0610. The first kappa shape index (κ1) is 24.8. The van der Waals surface area contributed by atoms with Crippen LogP contribution in [0.5, 0.6) is 0 Å². The van der Waals surface area contributed by atoms with Crippen LogP contribution in [-0.4, -0.2) is 33.9 Å². The largest absolute Gasteiger partial charge is 0.416 e. The second kappa shape index (κ2) is 11.1. The summed E-state index contributed by atoms with van der Waals surface area (Å²) in [5, 5.41) is 0. The maximum Gasteiger partial charge on any atom is 0.201 e. The summed E-state index contributed by atoms with van der Waals surface area (Å²) in [7, 11) is -0.135. The lowest BCUT2D eigenvalue weighted by Gasteiger charge is -2.44. The molecule has 0 aliphatic carbocycles. The Kier molecular flexibility index (Phi) is 10.2. The van der Waals surface area contributed by atoms with E-state index in [1.165, 1.54) is 0 Å². The molecule has 160 valence electrons. The summed E-state index contributed by atoms with van der Waals surface area (Å²) in [4.78, 5) is 11.6. The van der Waals surface area contributed by atoms with Crippen molar-refractivity contribution >= 4 is 8.32 Å². The van der Waals surface area contributed by atoms with Crippen molar-refractivity contribution in [2.24, 2.45) is 5.92 Å². The summed E-state index contributed by atoms with van der Waals surface area (Å²) < 4.78 is 12.4. The molecule has 27 heavy (non-hydrogen) atoms. The third-order valence-electron chi connectivity index (χ3n) is 6.41. The summed E-state index contributed by atoms with van der Waals surface area (Å²) >= 11 is 0. The summed E-state index contributed by atoms with van der Waals surface area (Å²) in [5.41, 5.74) is 1.79. The highest BCUT2D eigenvalue weighted by Gasteiger charge is 2.46. The van der Waals surface area contributed by atoms with Crippen molar-refractivity contribution in [1.29, 1.82) is 0 Å². The number of hydrogen-bond donors (Lipinski definition) is 0. The molecule has 0 radical (unpaired) electrons. The van der Waals surface area contributed by atoms with Crippen LogP contribution in [0.1, 0.15) is 80.6 Å². The van der Waals surface area contributed by atoms with Gasteiger partial charge < -0.3 is 9.16 Å². The minimum Gasteiger partial charge on any atom is -0.416 e. The Morgan fingerprint density at radius 2 is 1.70 bits per heavy atom. The number of unbranched alkanes of at least 4 members (excludes halogenated alkanes) is 1. The lowest BCUT2D eigenvalue weighted by Crippen LogP contribution is -2.50. The molecule has 1 heterocycles. The van der Waals surface area contributed by atoms with Gasteiger partial charge in [-0.25, -0.2) is 9.78 Å². The van der Waals surface area contributed by atoms with E-state index in [9.17, 15) is 0 Å². The van der Waals surface area contributed by atoms with Crippen LogP contribution in [0.4, 0.5) is 0 Å². The van der Waals surface area contributed by atoms with E-state index < -0.39 is 14.1 Å². The Bertz CT molecular complexity index is 406. The molecule has 0 spiro atoms. The van der Waals surface area contributed by atoms with E-state index >= 15 is 0 Å². The number of methoxy groups -OCH3 is 1. The number of hydrogen-bond acceptors (Lipinski definition) is 4. The molecule has 0 unspecified atom stereocenters. The second-order valence-electron chi connectivity index (χ2n) is 9.16. The highest BCUT2D eigenvalue weighted by atomic mass is 28.4. The molecule has 0 aromatic carbocycles. The van der Waals surface area contributed by atoms with E-state index in [0.717, 1.165) is 38.7 Å². The Morgan fingerprint density at radius 1 is 1.11 bits per heavy atom. The summed E-state index contributed by atoms with van der Waals surface area (Å²) in [6.07, 6.45) is 6.58. The van der Waals surface area contributed by atoms with Gasteiger partial charge in [0.1, 0.15) is 0 Å². The first-order valence-corrected chi connectivity index (χ1v) is 12.9. The lowest BCUT2D eigenvalue weighted by atomic mass is 9.95. The van der Waals surface area contributed by atoms with Crippen molar-refractivity contribution in [2.45, 2.75) is 109 Å². The first-order valence-electron chi connectivity index (χ1n) is 10.8. The Labute approximate surface area is 169 Å². The van der Waals surface area contributed by atoms with Crippen LogP contribution in [0.15, 0.2) is 12.7 Å². The fourth-order valence-electron chi connectivity index (χ4n) is 4.78. The highest BCUT2D eigenvalue weighted by Crippen LogP contribution is 2.43. The Morgan fingerprint density at radius 3 is 2.11 bits per heavy atom. The van der Waals surface area contributed by atoms with Crippen LogP contribution in [0.3, 0.4) is 0 Å². The van der Waals surface area contributed by atoms with Crippen LogP contribution in [0, 0.1) is 5.92 Å². The van der Waals surface area contributed by atoms with Gasteiger partial charge in [-0.3, -0.25) is 0 Å². The Balaban J connectivity index is 2.63. The van der Waals surface area contributed by atoms with Gasteiger partial charge in [-0.15, -0.1) is 6.58 Å². The van der Waals surface area contributed by atoms with Gasteiger partial charge in [0.2, 0.25) is 5.79 Å². The van der Waals surface area contributed by atoms with E-state index in [1.807, 2.05) is 6.08 Å². The normalized spacial score (nSPS) is 25.4. The van der Waals surface area contributed by atoms with Gasteiger partial charge in [0.05, 0.1) is 6.10 Å². The molecular weight excluding hydrogens is 356 g/mol. The maximum atomic E-state index is 6.75. The molecule has 0 aromatic heterocycles. The SMILES string of the molecule is C=CCCC[C@]1(OC)CC[C@@H]([C@@H](C)CO[Si](C(C)C)(C(C)C)C(C)C)OO1. The molecule has 3 atom stereocenters. The maximum absolute atomic E-state index is 6.75. The number of allylic oxidation sites excluding steroid dienone is 1. The zero-order valence-electron chi connectivity index (χ0n) is 19.0. The molecule has 4 nitrogen and oxygen atoms in total. The van der Waals surface area contributed by atoms with E-state index in [-0.39, 0.29) is 6.10 Å². The van der Waals surface area contributed by atoms with Crippen molar-refractivity contribution < 1.29 is 18.9 Å². The van der Waals surface area contributed by atoms with Gasteiger partial charge >= 0.3 is 0 Å². The van der Waals surface area contributed by atoms with Crippen LogP contribution >= 0.6 is 0 Å². The highest BCUT2D eigenvalue weighted by molar-refractivity contribution is 6.77. The lowest BCUT2D eigenvalue weighted by molar-refractivity contribution is -0.471. The Hall–Kier alpha value is -0.203. The van der Waals surface area contributed by atoms with E-state index in [1.54, 1.807) is 7.11 Å². The molecular formula is C22H44O4Si. The fourth-order valence-corrected chi connectivity index (χ4v) is 10.3. The molecule has 1 fully saturated rings. The van der Waals surface area contributed by atoms with E-state index in [0.29, 0.717) is 22.5 Å². The molecule has 1 rings (SSSR count). The zero-order chi connectivity index (χ0) is 20.7. The minimum atomic E-state index is -1.84. The molecule has 1 aliphatic heterocycles. The average molecular weight is 401 g/mol. The summed E-state index contributed by atoms with van der Waals surface area (Å²) in [6.45, 7) is 20.7. The average Bonchev–Trinajstić information content (AvgIpc) is 2.62. The van der Waals surface area contributed by atoms with Crippen LogP contribution in [-0.2, 0) is 18.9 Å². The van der Waals surface area contributed by atoms with Crippen molar-refractivity contribution in [2.75, 3.05) is 13.7 Å². The van der Waals surface area contributed by atoms with E-state index in [2.05, 4.69) is 55.0 Å². The summed E-state index contributed by atoms with van der Waals surface area (Å²) in [6, 6.07) is 0. The monoisotopic (exact) mass is 400 g/mol. The fraction of sp³-hybridized carbons (Fsp3) is 0.909. The van der Waals surface area contributed by atoms with Crippen LogP contribution in [0.2, 0.25) is 16.6 Å². The van der Waals surface area contributed by atoms with Crippen molar-refractivity contribution in [3.05, 3.63) is 12.7 Å². The molecule has 1 saturated heterocycles. The van der Waals surface area contributed by atoms with Crippen molar-refractivity contribution in [3.8, 4) is 0 Å². The molecule has 0 saturated carbocycles. The molecule has 0 N–H and O–H groups in total. The van der Waals surface area contributed by atoms with Crippen LogP contribution in [0.25, 0.3) is 0 Å². The smallest absolute Gasteiger partial charge is 0.201 e. The molecule has 5 heteroatoms. The van der Waals surface area contributed by atoms with Gasteiger partial charge in [0.15, 0.2) is 8.32 Å². The number of ether oxygens (including phenoxy) is 1. The van der Waals surface area contributed by atoms with Gasteiger partial charge in [-0.1, -0.05) is 54.5 Å². The standard InChI is InChI=1S/C22H44O4Si/c1-10-11-12-14-22(23-9)15-13-21(25-26-22)20(8)16-24-27(17(2)3,18(4)5)19(6)7/h10,17-21H,1,11-16H2,2-9H3/t20-,21-,22+/m0/s1. The third kappa shape index (κ3) is 6.14. The molecule has 0 bridgehead atoms.